The van der Waals surface area contributed by atoms with Crippen LogP contribution in [0.2, 0.25) is 0 Å². The Kier molecular flexibility index (Phi) is 3.95. The number of aliphatic imine (C=N–C) groups is 1. The first-order valence-electron chi connectivity index (χ1n) is 6.17. The lowest BCUT2D eigenvalue weighted by molar-refractivity contribution is 0.375. The Bertz CT molecular complexity index is 451. The van der Waals surface area contributed by atoms with Gasteiger partial charge in [-0.15, -0.1) is 0 Å². The van der Waals surface area contributed by atoms with Gasteiger partial charge in [-0.1, -0.05) is 44.7 Å². The summed E-state index contributed by atoms with van der Waals surface area (Å²) in [6.45, 7) is 7.51. The molecule has 0 spiro atoms. The molecule has 1 aromatic carbocycles. The smallest absolute Gasteiger partial charge is 0.161 e. The number of hydrogen-bond donors (Lipinski definition) is 1. The zero-order valence-electron chi connectivity index (χ0n) is 11.0. The minimum Gasteiger partial charge on any atom is -0.333 e. The highest BCUT2D eigenvalue weighted by Gasteiger charge is 2.25. The van der Waals surface area contributed by atoms with Gasteiger partial charge in [0.15, 0.2) is 5.17 Å². The van der Waals surface area contributed by atoms with Crippen molar-refractivity contribution in [2.24, 2.45) is 10.4 Å². The number of amidine groups is 1. The van der Waals surface area contributed by atoms with Gasteiger partial charge >= 0.3 is 0 Å². The van der Waals surface area contributed by atoms with Crippen LogP contribution < -0.4 is 5.32 Å². The normalized spacial score (nSPS) is 19.8. The second-order valence-electron chi connectivity index (χ2n) is 5.76. The number of halogens is 1. The lowest BCUT2D eigenvalue weighted by Crippen LogP contribution is -2.16. The molecule has 0 amide bonds. The molecule has 2 rings (SSSR count). The average Bonchev–Trinajstić information content (AvgIpc) is 2.66. The molecule has 0 saturated heterocycles. The van der Waals surface area contributed by atoms with E-state index in [2.05, 4.69) is 31.1 Å². The highest BCUT2D eigenvalue weighted by molar-refractivity contribution is 8.15. The number of nitrogens with zero attached hydrogens (tertiary/aromatic N) is 1. The second kappa shape index (κ2) is 5.31. The van der Waals surface area contributed by atoms with Gasteiger partial charge in [-0.05, 0) is 24.0 Å². The molecule has 1 aromatic rings. The van der Waals surface area contributed by atoms with Crippen LogP contribution in [0.3, 0.4) is 0 Å². The van der Waals surface area contributed by atoms with Crippen molar-refractivity contribution in [1.82, 2.24) is 0 Å². The fourth-order valence-electron chi connectivity index (χ4n) is 1.95. The van der Waals surface area contributed by atoms with Gasteiger partial charge in [-0.2, -0.15) is 0 Å². The van der Waals surface area contributed by atoms with Crippen LogP contribution >= 0.6 is 11.8 Å². The van der Waals surface area contributed by atoms with Gasteiger partial charge in [-0.25, -0.2) is 4.39 Å². The zero-order valence-corrected chi connectivity index (χ0v) is 11.9. The monoisotopic (exact) mass is 266 g/mol. The van der Waals surface area contributed by atoms with Crippen molar-refractivity contribution in [1.29, 1.82) is 0 Å². The summed E-state index contributed by atoms with van der Waals surface area (Å²) in [6.07, 6.45) is 1.11. The molecule has 1 aliphatic heterocycles. The van der Waals surface area contributed by atoms with Crippen LogP contribution in [0.25, 0.3) is 0 Å². The van der Waals surface area contributed by atoms with Crippen LogP contribution in [0, 0.1) is 11.2 Å². The summed E-state index contributed by atoms with van der Waals surface area (Å²) in [5, 5.41) is 4.39. The summed E-state index contributed by atoms with van der Waals surface area (Å²) in [7, 11) is 0. The van der Waals surface area contributed by atoms with Gasteiger partial charge in [0, 0.05) is 5.25 Å². The lowest BCUT2D eigenvalue weighted by Gasteiger charge is -2.21. The zero-order chi connectivity index (χ0) is 13.2. The van der Waals surface area contributed by atoms with Crippen LogP contribution in [0.4, 0.5) is 10.1 Å². The summed E-state index contributed by atoms with van der Waals surface area (Å²) in [5.41, 5.74) is 0.806. The highest BCUT2D eigenvalue weighted by Crippen LogP contribution is 2.32. The van der Waals surface area contributed by atoms with E-state index < -0.39 is 0 Å². The van der Waals surface area contributed by atoms with E-state index >= 15 is 0 Å². The highest BCUT2D eigenvalue weighted by atomic mass is 32.2. The number of nitrogens with one attached hydrogen (secondary N) is 1. The van der Waals surface area contributed by atoms with Crippen LogP contribution in [0.15, 0.2) is 29.3 Å². The van der Waals surface area contributed by atoms with Crippen molar-refractivity contribution in [3.05, 3.63) is 30.1 Å². The first-order chi connectivity index (χ1) is 8.44. The molecular weight excluding hydrogens is 247 g/mol. The Morgan fingerprint density at radius 2 is 2.11 bits per heavy atom. The standard InChI is InChI=1S/C14H19FN2S/c1-14(2,3)8-10-9-16-13(18-10)17-12-7-5-4-6-11(12)15/h4-7,10H,8-9H2,1-3H3,(H,16,17). The Hall–Kier alpha value is -1.03. The molecule has 0 aromatic heterocycles. The van der Waals surface area contributed by atoms with E-state index in [4.69, 9.17) is 0 Å². The van der Waals surface area contributed by atoms with E-state index in [-0.39, 0.29) is 5.82 Å². The van der Waals surface area contributed by atoms with E-state index in [1.807, 2.05) is 6.07 Å². The number of para-hydroxylation sites is 1. The topological polar surface area (TPSA) is 24.4 Å². The van der Waals surface area contributed by atoms with E-state index in [1.54, 1.807) is 23.9 Å². The predicted molar refractivity (Wildman–Crippen MR) is 77.8 cm³/mol. The Morgan fingerprint density at radius 1 is 1.39 bits per heavy atom. The van der Waals surface area contributed by atoms with Crippen molar-refractivity contribution in [3.63, 3.8) is 0 Å². The van der Waals surface area contributed by atoms with Crippen molar-refractivity contribution < 1.29 is 4.39 Å². The maximum absolute atomic E-state index is 13.5. The van der Waals surface area contributed by atoms with Crippen molar-refractivity contribution in [3.8, 4) is 0 Å². The number of benzene rings is 1. The van der Waals surface area contributed by atoms with Crippen molar-refractivity contribution in [2.75, 3.05) is 11.9 Å². The van der Waals surface area contributed by atoms with Gasteiger partial charge < -0.3 is 5.32 Å². The van der Waals surface area contributed by atoms with Crippen LogP contribution in [-0.4, -0.2) is 17.0 Å². The summed E-state index contributed by atoms with van der Waals surface area (Å²) in [4.78, 5) is 4.44. The molecule has 0 fully saturated rings. The minimum absolute atomic E-state index is 0.236. The molecule has 18 heavy (non-hydrogen) atoms. The van der Waals surface area contributed by atoms with Crippen LogP contribution in [0.1, 0.15) is 27.2 Å². The van der Waals surface area contributed by atoms with E-state index in [1.165, 1.54) is 6.07 Å². The number of anilines is 1. The summed E-state index contributed by atoms with van der Waals surface area (Å²) in [5.74, 6) is -0.236. The van der Waals surface area contributed by atoms with Gasteiger partial charge in [0.1, 0.15) is 5.82 Å². The Balaban J connectivity index is 1.92. The molecule has 2 nitrogen and oxygen atoms in total. The molecule has 1 N–H and O–H groups in total. The molecular formula is C14H19FN2S. The van der Waals surface area contributed by atoms with Crippen LogP contribution in [-0.2, 0) is 0 Å². The van der Waals surface area contributed by atoms with Gasteiger partial charge in [0.05, 0.1) is 12.2 Å². The SMILES string of the molecule is CC(C)(C)CC1CN=C(Nc2ccccc2F)S1. The summed E-state index contributed by atoms with van der Waals surface area (Å²) < 4.78 is 13.5. The number of hydrogen-bond acceptors (Lipinski definition) is 3. The third-order valence-corrected chi connectivity index (χ3v) is 3.78. The van der Waals surface area contributed by atoms with Gasteiger partial charge in [0.2, 0.25) is 0 Å². The third kappa shape index (κ3) is 3.73. The maximum Gasteiger partial charge on any atom is 0.161 e. The van der Waals surface area contributed by atoms with Crippen LogP contribution in [0.5, 0.6) is 0 Å². The van der Waals surface area contributed by atoms with E-state index in [0.29, 0.717) is 16.4 Å². The molecule has 0 radical (unpaired) electrons. The molecule has 4 heteroatoms. The molecule has 1 unspecified atom stereocenters. The largest absolute Gasteiger partial charge is 0.333 e. The molecule has 98 valence electrons. The average molecular weight is 266 g/mol. The second-order valence-corrected chi connectivity index (χ2v) is 7.04. The fraction of sp³-hybridized carbons (Fsp3) is 0.500. The number of thioether (sulfide) groups is 1. The van der Waals surface area contributed by atoms with E-state index in [0.717, 1.165) is 18.1 Å². The summed E-state index contributed by atoms with van der Waals surface area (Å²) in [6, 6.07) is 6.69. The van der Waals surface area contributed by atoms with Gasteiger partial charge in [-0.3, -0.25) is 4.99 Å². The Morgan fingerprint density at radius 3 is 2.78 bits per heavy atom. The molecule has 1 aliphatic rings. The Labute approximate surface area is 112 Å². The quantitative estimate of drug-likeness (QED) is 0.869. The van der Waals surface area contributed by atoms with Gasteiger partial charge in [0.25, 0.3) is 0 Å². The first-order valence-corrected chi connectivity index (χ1v) is 7.05. The lowest BCUT2D eigenvalue weighted by atomic mass is 9.90. The molecule has 1 atom stereocenters. The maximum atomic E-state index is 13.5. The predicted octanol–water partition coefficient (Wildman–Crippen LogP) is 4.15. The number of rotatable bonds is 2. The third-order valence-electron chi connectivity index (χ3n) is 2.67. The van der Waals surface area contributed by atoms with Crippen molar-refractivity contribution >= 4 is 22.6 Å². The fourth-order valence-corrected chi connectivity index (χ4v) is 3.32. The van der Waals surface area contributed by atoms with E-state index in [9.17, 15) is 4.39 Å². The molecule has 0 aliphatic carbocycles. The molecule has 0 bridgehead atoms. The first kappa shape index (κ1) is 13.4. The molecule has 1 heterocycles. The molecule has 0 saturated carbocycles. The minimum atomic E-state index is -0.236. The summed E-state index contributed by atoms with van der Waals surface area (Å²) >= 11 is 1.71. The van der Waals surface area contributed by atoms with Crippen molar-refractivity contribution in [2.45, 2.75) is 32.4 Å².